The summed E-state index contributed by atoms with van der Waals surface area (Å²) in [7, 11) is 1.66. The zero-order valence-corrected chi connectivity index (χ0v) is 27.2. The van der Waals surface area contributed by atoms with Crippen LogP contribution in [0.5, 0.6) is 5.75 Å². The van der Waals surface area contributed by atoms with E-state index in [2.05, 4.69) is 124 Å². The molecule has 226 valence electrons. The van der Waals surface area contributed by atoms with Crippen LogP contribution >= 0.6 is 0 Å². The number of hydrogen-bond donors (Lipinski definition) is 0. The summed E-state index contributed by atoms with van der Waals surface area (Å²) >= 11 is 0. The Bertz CT molecular complexity index is 1750. The van der Waals surface area contributed by atoms with Crippen molar-refractivity contribution >= 4 is 17.1 Å². The van der Waals surface area contributed by atoms with E-state index in [1.165, 1.54) is 45.1 Å². The first-order chi connectivity index (χ1) is 21.2. The molecule has 0 bridgehead atoms. The van der Waals surface area contributed by atoms with Crippen molar-refractivity contribution < 1.29 is 18.9 Å². The van der Waals surface area contributed by atoms with Gasteiger partial charge in [0, 0.05) is 51.8 Å². The van der Waals surface area contributed by atoms with E-state index in [4.69, 9.17) is 9.57 Å². The van der Waals surface area contributed by atoms with Gasteiger partial charge in [0.15, 0.2) is 11.5 Å². The summed E-state index contributed by atoms with van der Waals surface area (Å²) in [5.41, 5.74) is 10.2. The number of pyridine rings is 1. The van der Waals surface area contributed by atoms with Gasteiger partial charge in [-0.25, -0.2) is 0 Å². The summed E-state index contributed by atoms with van der Waals surface area (Å²) in [4.78, 5) is 7.87. The molecule has 2 aromatic carbocycles. The second-order valence-electron chi connectivity index (χ2n) is 12.8. The van der Waals surface area contributed by atoms with Gasteiger partial charge >= 0.3 is 0 Å². The van der Waals surface area contributed by atoms with Crippen molar-refractivity contribution in [2.45, 2.75) is 65.2 Å². The molecule has 0 spiro atoms. The summed E-state index contributed by atoms with van der Waals surface area (Å²) in [5.74, 6) is 1.68. The highest BCUT2D eigenvalue weighted by Gasteiger charge is 2.43. The minimum atomic E-state index is -0.0809. The number of likely N-dealkylation sites (N-methyl/N-ethyl adjacent to an activating group) is 1. The van der Waals surface area contributed by atoms with Crippen molar-refractivity contribution in [3.63, 3.8) is 0 Å². The Morgan fingerprint density at radius 2 is 1.59 bits per heavy atom. The molecule has 5 heteroatoms. The van der Waals surface area contributed by atoms with Gasteiger partial charge in [0.2, 0.25) is 11.9 Å². The fourth-order valence-corrected chi connectivity index (χ4v) is 7.20. The van der Waals surface area contributed by atoms with Crippen LogP contribution in [0.25, 0.3) is 0 Å². The van der Waals surface area contributed by atoms with Crippen LogP contribution in [-0.2, 0) is 10.8 Å². The Hall–Kier alpha value is -4.38. The molecule has 0 saturated heterocycles. The van der Waals surface area contributed by atoms with Crippen LogP contribution in [0.3, 0.4) is 0 Å². The fourth-order valence-electron chi connectivity index (χ4n) is 7.20. The Morgan fingerprint density at radius 1 is 0.841 bits per heavy atom. The third kappa shape index (κ3) is 4.98. The molecular weight excluding hydrogens is 542 g/mol. The molecule has 1 aromatic heterocycles. The number of fused-ring (bicyclic) bond motifs is 2. The minimum absolute atomic E-state index is 0.0809. The number of rotatable bonds is 8. The van der Waals surface area contributed by atoms with E-state index in [0.717, 1.165) is 37.4 Å². The van der Waals surface area contributed by atoms with Crippen molar-refractivity contribution in [2.24, 2.45) is 0 Å². The van der Waals surface area contributed by atoms with Crippen molar-refractivity contribution in [3.8, 4) is 5.75 Å². The molecule has 3 aromatic rings. The second kappa shape index (κ2) is 11.6. The first kappa shape index (κ1) is 29.7. The van der Waals surface area contributed by atoms with Crippen molar-refractivity contribution in [1.29, 1.82) is 0 Å². The standard InChI is InChI=1S/C39H45N3O2/c1-8-41-33-18-12-10-16-31(33)38(3,4)35(41)24-22-28-20-21-29(37(28)44-30-15-14-26-40(27-30)43-7)23-25-36-39(5,6)32-17-11-13-19-34(32)42(36)9-2/h10-19,22-27H,8-9,20-21H2,1-7H3/q+2. The number of ether oxygens (including phenoxy) is 1. The van der Waals surface area contributed by atoms with Gasteiger partial charge in [-0.3, -0.25) is 4.84 Å². The molecule has 0 saturated carbocycles. The molecular formula is C39H45N3O2+2. The number of benzene rings is 2. The van der Waals surface area contributed by atoms with E-state index in [9.17, 15) is 0 Å². The highest BCUT2D eigenvalue weighted by molar-refractivity contribution is 6.03. The van der Waals surface area contributed by atoms with Crippen molar-refractivity contribution in [1.82, 2.24) is 0 Å². The minimum Gasteiger partial charge on any atom is -0.450 e. The lowest BCUT2D eigenvalue weighted by Crippen LogP contribution is -2.39. The topological polar surface area (TPSA) is 28.6 Å². The third-order valence-electron chi connectivity index (χ3n) is 9.54. The first-order valence-corrected chi connectivity index (χ1v) is 15.9. The molecule has 0 N–H and O–H groups in total. The molecule has 44 heavy (non-hydrogen) atoms. The van der Waals surface area contributed by atoms with Gasteiger partial charge in [-0.1, -0.05) is 56.3 Å². The third-order valence-corrected chi connectivity index (χ3v) is 9.54. The van der Waals surface area contributed by atoms with Gasteiger partial charge in [0.25, 0.3) is 6.20 Å². The quantitative estimate of drug-likeness (QED) is 0.253. The molecule has 5 nitrogen and oxygen atoms in total. The number of nitrogens with zero attached hydrogens (tertiary/aromatic N) is 3. The molecule has 0 radical (unpaired) electrons. The number of hydrogen-bond acceptors (Lipinski definition) is 3. The lowest BCUT2D eigenvalue weighted by molar-refractivity contribution is -0.885. The molecule has 0 unspecified atom stereocenters. The average molecular weight is 588 g/mol. The van der Waals surface area contributed by atoms with Crippen LogP contribution in [0.4, 0.5) is 11.4 Å². The Balaban J connectivity index is 1.42. The van der Waals surface area contributed by atoms with Crippen molar-refractivity contribution in [2.75, 3.05) is 25.1 Å². The maximum Gasteiger partial charge on any atom is 0.264 e. The number of allylic oxidation sites excluding steroid dienone is 7. The molecule has 2 aliphatic heterocycles. The second-order valence-corrected chi connectivity index (χ2v) is 12.8. The molecule has 0 atom stereocenters. The molecule has 3 heterocycles. The largest absolute Gasteiger partial charge is 0.450 e. The van der Waals surface area contributed by atoms with E-state index in [0.29, 0.717) is 0 Å². The highest BCUT2D eigenvalue weighted by Crippen LogP contribution is 2.48. The number of aromatic nitrogens is 1. The van der Waals surface area contributed by atoms with Crippen LogP contribution in [0.1, 0.15) is 65.5 Å². The Morgan fingerprint density at radius 3 is 2.34 bits per heavy atom. The summed E-state index contributed by atoms with van der Waals surface area (Å²) in [6.45, 7) is 15.6. The highest BCUT2D eigenvalue weighted by atomic mass is 16.6. The fraction of sp³-hybridized carbons (Fsp3) is 0.333. The van der Waals surface area contributed by atoms with Crippen molar-refractivity contribution in [3.05, 3.63) is 131 Å². The predicted molar refractivity (Wildman–Crippen MR) is 179 cm³/mol. The summed E-state index contributed by atoms with van der Waals surface area (Å²) in [5, 5.41) is 0. The number of anilines is 1. The maximum atomic E-state index is 6.70. The Kier molecular flexibility index (Phi) is 7.83. The summed E-state index contributed by atoms with van der Waals surface area (Å²) in [6.07, 6.45) is 14.8. The summed E-state index contributed by atoms with van der Waals surface area (Å²) in [6, 6.07) is 21.5. The van der Waals surface area contributed by atoms with E-state index >= 15 is 0 Å². The van der Waals surface area contributed by atoms with E-state index in [-0.39, 0.29) is 10.8 Å². The van der Waals surface area contributed by atoms with E-state index < -0.39 is 0 Å². The SMILES string of the molecule is CCN1/C(=C/C=C2\CCC(/C=C/C3=[N+](CC)c4ccccc4C3(C)C)=C2Oc2ccc[n+](OC)c2)C(C)(C)c2ccccc21. The zero-order chi connectivity index (χ0) is 31.1. The smallest absolute Gasteiger partial charge is 0.264 e. The van der Waals surface area contributed by atoms with Crippen LogP contribution in [-0.4, -0.2) is 30.5 Å². The van der Waals surface area contributed by atoms with Crippen LogP contribution < -0.4 is 19.2 Å². The van der Waals surface area contributed by atoms with E-state index in [1.807, 2.05) is 24.5 Å². The van der Waals surface area contributed by atoms with Gasteiger partial charge in [0.05, 0.1) is 5.41 Å². The molecule has 6 rings (SSSR count). The van der Waals surface area contributed by atoms with Crippen LogP contribution in [0, 0.1) is 0 Å². The van der Waals surface area contributed by atoms with Gasteiger partial charge in [-0.15, -0.1) is 0 Å². The molecule has 0 fully saturated rings. The lowest BCUT2D eigenvalue weighted by Gasteiger charge is -2.26. The maximum absolute atomic E-state index is 6.70. The molecule has 0 amide bonds. The zero-order valence-electron chi connectivity index (χ0n) is 27.2. The number of para-hydroxylation sites is 2. The van der Waals surface area contributed by atoms with Gasteiger partial charge in [-0.05, 0) is 81.5 Å². The van der Waals surface area contributed by atoms with E-state index in [1.54, 1.807) is 11.8 Å². The van der Waals surface area contributed by atoms with Gasteiger partial charge < -0.3 is 9.64 Å². The monoisotopic (exact) mass is 587 g/mol. The first-order valence-electron chi connectivity index (χ1n) is 15.9. The predicted octanol–water partition coefficient (Wildman–Crippen LogP) is 7.74. The summed E-state index contributed by atoms with van der Waals surface area (Å²) < 4.78 is 10.8. The normalized spacial score (nSPS) is 20.3. The average Bonchev–Trinajstić information content (AvgIpc) is 3.59. The molecule has 1 aliphatic carbocycles. The Labute approximate surface area is 262 Å². The van der Waals surface area contributed by atoms with Crippen LogP contribution in [0.15, 0.2) is 120 Å². The van der Waals surface area contributed by atoms with Crippen LogP contribution in [0.2, 0.25) is 0 Å². The lowest BCUT2D eigenvalue weighted by atomic mass is 9.81. The molecule has 3 aliphatic rings. The van der Waals surface area contributed by atoms with Gasteiger partial charge in [0.1, 0.15) is 19.4 Å². The van der Waals surface area contributed by atoms with Gasteiger partial charge in [-0.2, -0.15) is 4.58 Å².